The highest BCUT2D eigenvalue weighted by molar-refractivity contribution is 6.30. The summed E-state index contributed by atoms with van der Waals surface area (Å²) in [6.45, 7) is 3.67. The molecule has 0 spiro atoms. The van der Waals surface area contributed by atoms with Gasteiger partial charge >= 0.3 is 6.09 Å². The van der Waals surface area contributed by atoms with E-state index in [1.54, 1.807) is 25.3 Å². The second kappa shape index (κ2) is 8.31. The highest BCUT2D eigenvalue weighted by Gasteiger charge is 2.47. The highest BCUT2D eigenvalue weighted by Crippen LogP contribution is 2.45. The van der Waals surface area contributed by atoms with Gasteiger partial charge in [-0.3, -0.25) is 4.90 Å². The number of likely N-dealkylation sites (tertiary alicyclic amines) is 1. The molecule has 3 aliphatic heterocycles. The predicted octanol–water partition coefficient (Wildman–Crippen LogP) is 4.76. The molecule has 4 rings (SSSR count). The molecule has 3 fully saturated rings. The molecule has 2 unspecified atom stereocenters. The first-order chi connectivity index (χ1) is 13.9. The fourth-order valence-corrected chi connectivity index (χ4v) is 5.66. The average Bonchev–Trinajstić information content (AvgIpc) is 2.98. The summed E-state index contributed by atoms with van der Waals surface area (Å²) in [4.78, 5) is 16.7. The second-order valence-corrected chi connectivity index (χ2v) is 8.90. The van der Waals surface area contributed by atoms with Crippen LogP contribution in [0, 0.1) is 0 Å². The van der Waals surface area contributed by atoms with Crippen molar-refractivity contribution in [3.05, 3.63) is 28.8 Å². The number of rotatable bonds is 4. The molecule has 160 valence electrons. The van der Waals surface area contributed by atoms with E-state index in [2.05, 4.69) is 4.90 Å². The van der Waals surface area contributed by atoms with Crippen LogP contribution < -0.4 is 4.74 Å². The molecule has 0 saturated carbocycles. The fourth-order valence-electron chi connectivity index (χ4n) is 5.49. The van der Waals surface area contributed by atoms with E-state index >= 15 is 4.39 Å². The molecule has 7 heteroatoms. The molecule has 0 radical (unpaired) electrons. The van der Waals surface area contributed by atoms with Crippen molar-refractivity contribution in [3.63, 3.8) is 0 Å². The Morgan fingerprint density at radius 2 is 1.86 bits per heavy atom. The smallest absolute Gasteiger partial charge is 0.410 e. The van der Waals surface area contributed by atoms with Crippen molar-refractivity contribution in [2.45, 2.75) is 69.2 Å². The molecule has 1 aromatic rings. The minimum atomic E-state index is -1.42. The average molecular weight is 425 g/mol. The van der Waals surface area contributed by atoms with Crippen molar-refractivity contribution in [2.75, 3.05) is 26.8 Å². The molecule has 29 heavy (non-hydrogen) atoms. The third kappa shape index (κ3) is 3.93. The number of amides is 1. The zero-order valence-corrected chi connectivity index (χ0v) is 18.0. The van der Waals surface area contributed by atoms with Gasteiger partial charge in [-0.25, -0.2) is 9.18 Å². The van der Waals surface area contributed by atoms with E-state index in [9.17, 15) is 4.79 Å². The fraction of sp³-hybridized carbons (Fsp3) is 0.682. The Bertz CT molecular complexity index is 740. The van der Waals surface area contributed by atoms with Crippen LogP contribution in [0.1, 0.15) is 51.0 Å². The molecular weight excluding hydrogens is 395 g/mol. The van der Waals surface area contributed by atoms with Crippen LogP contribution in [0.15, 0.2) is 18.2 Å². The van der Waals surface area contributed by atoms with Gasteiger partial charge in [0.2, 0.25) is 0 Å². The van der Waals surface area contributed by atoms with Gasteiger partial charge in [-0.2, -0.15) is 0 Å². The van der Waals surface area contributed by atoms with Gasteiger partial charge in [0.1, 0.15) is 11.4 Å². The van der Waals surface area contributed by atoms with Crippen LogP contribution in [0.5, 0.6) is 5.75 Å². The number of ether oxygens (including phenoxy) is 2. The van der Waals surface area contributed by atoms with Gasteiger partial charge in [0.15, 0.2) is 0 Å². The lowest BCUT2D eigenvalue weighted by atomic mass is 9.84. The maximum Gasteiger partial charge on any atom is 0.410 e. The van der Waals surface area contributed by atoms with Gasteiger partial charge in [0, 0.05) is 41.8 Å². The maximum absolute atomic E-state index is 15.9. The van der Waals surface area contributed by atoms with Crippen LogP contribution in [0.3, 0.4) is 0 Å². The summed E-state index contributed by atoms with van der Waals surface area (Å²) in [7, 11) is 1.57. The van der Waals surface area contributed by atoms with Crippen LogP contribution in [-0.4, -0.2) is 60.8 Å². The zero-order valence-electron chi connectivity index (χ0n) is 17.2. The second-order valence-electron chi connectivity index (χ2n) is 8.46. The summed E-state index contributed by atoms with van der Waals surface area (Å²) >= 11 is 6.13. The summed E-state index contributed by atoms with van der Waals surface area (Å²) in [6.07, 6.45) is 4.67. The lowest BCUT2D eigenvalue weighted by Crippen LogP contribution is -2.54. The van der Waals surface area contributed by atoms with Crippen LogP contribution in [0.4, 0.5) is 9.18 Å². The van der Waals surface area contributed by atoms with E-state index in [0.717, 1.165) is 25.7 Å². The quantitative estimate of drug-likeness (QED) is 0.698. The third-order valence-corrected chi connectivity index (χ3v) is 7.17. The number of piperidine rings is 2. The molecule has 3 saturated heterocycles. The van der Waals surface area contributed by atoms with Crippen molar-refractivity contribution in [3.8, 4) is 5.75 Å². The molecule has 0 aliphatic carbocycles. The Kier molecular flexibility index (Phi) is 5.94. The SMILES string of the molecule is CCOC(=O)N1C2CCC1CC(N1CCC(F)(c3cc(Cl)ccc3OC)CC1)C2. The van der Waals surface area contributed by atoms with Gasteiger partial charge < -0.3 is 14.4 Å². The van der Waals surface area contributed by atoms with Gasteiger partial charge in [-0.1, -0.05) is 11.6 Å². The van der Waals surface area contributed by atoms with Crippen LogP contribution >= 0.6 is 11.6 Å². The van der Waals surface area contributed by atoms with Crippen LogP contribution in [0.2, 0.25) is 5.02 Å². The molecule has 0 aromatic heterocycles. The van der Waals surface area contributed by atoms with Crippen molar-refractivity contribution < 1.29 is 18.7 Å². The molecule has 3 aliphatic rings. The number of fused-ring (bicyclic) bond motifs is 2. The molecule has 3 heterocycles. The van der Waals surface area contributed by atoms with Gasteiger partial charge in [-0.05, 0) is 63.6 Å². The first-order valence-corrected chi connectivity index (χ1v) is 11.0. The minimum absolute atomic E-state index is 0.173. The van der Waals surface area contributed by atoms with Crippen molar-refractivity contribution in [1.29, 1.82) is 0 Å². The van der Waals surface area contributed by atoms with E-state index < -0.39 is 5.67 Å². The maximum atomic E-state index is 15.9. The number of benzene rings is 1. The van der Waals surface area contributed by atoms with Crippen LogP contribution in [0.25, 0.3) is 0 Å². The number of nitrogens with zero attached hydrogens (tertiary/aromatic N) is 2. The Balaban J connectivity index is 1.41. The molecule has 5 nitrogen and oxygen atoms in total. The van der Waals surface area contributed by atoms with Gasteiger partial charge in [0.25, 0.3) is 0 Å². The Hall–Kier alpha value is -1.53. The number of halogens is 2. The third-order valence-electron chi connectivity index (χ3n) is 6.94. The Morgan fingerprint density at radius 1 is 1.21 bits per heavy atom. The molecule has 2 bridgehead atoms. The highest BCUT2D eigenvalue weighted by atomic mass is 35.5. The van der Waals surface area contributed by atoms with E-state index in [-0.39, 0.29) is 18.2 Å². The standard InChI is InChI=1S/C22H30ClFN2O3/c1-3-29-21(27)26-16-5-6-17(26)14-18(13-16)25-10-8-22(24,9-11-25)19-12-15(23)4-7-20(19)28-2/h4,7,12,16-18H,3,5-6,8-11,13-14H2,1-2H3. The van der Waals surface area contributed by atoms with Crippen molar-refractivity contribution >= 4 is 17.7 Å². The first-order valence-electron chi connectivity index (χ1n) is 10.7. The molecule has 2 atom stereocenters. The Labute approximate surface area is 177 Å². The summed E-state index contributed by atoms with van der Waals surface area (Å²) < 4.78 is 26.5. The normalized spacial score (nSPS) is 29.0. The molecular formula is C22H30ClFN2O3. The number of alkyl halides is 1. The van der Waals surface area contributed by atoms with Crippen molar-refractivity contribution in [2.24, 2.45) is 0 Å². The summed E-state index contributed by atoms with van der Waals surface area (Å²) in [5, 5.41) is 0.531. The first kappa shape index (κ1) is 20.7. The largest absolute Gasteiger partial charge is 0.496 e. The van der Waals surface area contributed by atoms with Gasteiger partial charge in [-0.15, -0.1) is 0 Å². The number of carbonyl (C=O) groups excluding carboxylic acids is 1. The summed E-state index contributed by atoms with van der Waals surface area (Å²) in [5.74, 6) is 0.561. The van der Waals surface area contributed by atoms with E-state index in [1.807, 2.05) is 11.8 Å². The predicted molar refractivity (Wildman–Crippen MR) is 110 cm³/mol. The summed E-state index contributed by atoms with van der Waals surface area (Å²) in [5.41, 5.74) is -0.860. The minimum Gasteiger partial charge on any atom is -0.496 e. The lowest BCUT2D eigenvalue weighted by molar-refractivity contribution is 0.000727. The number of hydrogen-bond donors (Lipinski definition) is 0. The number of carbonyl (C=O) groups is 1. The van der Waals surface area contributed by atoms with Crippen LogP contribution in [-0.2, 0) is 10.4 Å². The Morgan fingerprint density at radius 3 is 2.45 bits per heavy atom. The van der Waals surface area contributed by atoms with Gasteiger partial charge in [0.05, 0.1) is 13.7 Å². The van der Waals surface area contributed by atoms with E-state index in [0.29, 0.717) is 54.9 Å². The molecule has 1 aromatic carbocycles. The van der Waals surface area contributed by atoms with E-state index in [4.69, 9.17) is 21.1 Å². The van der Waals surface area contributed by atoms with E-state index in [1.165, 1.54) is 0 Å². The monoisotopic (exact) mass is 424 g/mol. The summed E-state index contributed by atoms with van der Waals surface area (Å²) in [6, 6.07) is 6.09. The molecule has 1 amide bonds. The topological polar surface area (TPSA) is 42.0 Å². The molecule has 0 N–H and O–H groups in total. The van der Waals surface area contributed by atoms with Crippen molar-refractivity contribution in [1.82, 2.24) is 9.80 Å². The number of hydrogen-bond acceptors (Lipinski definition) is 4. The zero-order chi connectivity index (χ0) is 20.6. The lowest BCUT2D eigenvalue weighted by Gasteiger charge is -2.46. The number of methoxy groups -OCH3 is 1.